The molecule has 0 spiro atoms. The van der Waals surface area contributed by atoms with Gasteiger partial charge in [-0.05, 0) is 13.8 Å². The van der Waals surface area contributed by atoms with Crippen LogP contribution < -0.4 is 0 Å². The molecular weight excluding hydrogens is 164 g/mol. The molecule has 13 heavy (non-hydrogen) atoms. The van der Waals surface area contributed by atoms with E-state index in [1.165, 1.54) is 0 Å². The molecule has 2 nitrogen and oxygen atoms in total. The zero-order chi connectivity index (χ0) is 9.68. The van der Waals surface area contributed by atoms with E-state index >= 15 is 0 Å². The van der Waals surface area contributed by atoms with Crippen LogP contribution in [0.2, 0.25) is 0 Å². The van der Waals surface area contributed by atoms with Gasteiger partial charge in [0.05, 0.1) is 6.61 Å². The Morgan fingerprint density at radius 3 is 2.62 bits per heavy atom. The number of hydrogen-bond donors (Lipinski definition) is 0. The molecule has 0 atom stereocenters. The molecular formula is C11H14O2. The van der Waals surface area contributed by atoms with Crippen molar-refractivity contribution in [3.63, 3.8) is 0 Å². The summed E-state index contributed by atoms with van der Waals surface area (Å²) in [4.78, 5) is 11.1. The number of ether oxygens (including phenoxy) is 1. The Hall–Kier alpha value is -1.31. The largest absolute Gasteiger partial charge is 0.463 e. The van der Waals surface area contributed by atoms with Crippen molar-refractivity contribution in [3.05, 3.63) is 36.0 Å². The zero-order valence-electron chi connectivity index (χ0n) is 7.99. The number of carbonyl (C=O) groups is 1. The lowest BCUT2D eigenvalue weighted by Crippen LogP contribution is -2.02. The second kappa shape index (κ2) is 4.65. The Morgan fingerprint density at radius 2 is 2.08 bits per heavy atom. The summed E-state index contributed by atoms with van der Waals surface area (Å²) in [6.45, 7) is 4.16. The van der Waals surface area contributed by atoms with E-state index in [1.807, 2.05) is 31.2 Å². The quantitative estimate of drug-likeness (QED) is 0.489. The van der Waals surface area contributed by atoms with Gasteiger partial charge >= 0.3 is 5.97 Å². The highest BCUT2D eigenvalue weighted by atomic mass is 16.5. The molecule has 0 amide bonds. The van der Waals surface area contributed by atoms with Crippen LogP contribution in [-0.4, -0.2) is 12.6 Å². The number of rotatable bonds is 3. The van der Waals surface area contributed by atoms with Gasteiger partial charge in [-0.25, -0.2) is 4.79 Å². The maximum absolute atomic E-state index is 11.1. The smallest absolute Gasteiger partial charge is 0.330 e. The van der Waals surface area contributed by atoms with Gasteiger partial charge in [0.1, 0.15) is 0 Å². The molecule has 0 fully saturated rings. The molecule has 1 rings (SSSR count). The van der Waals surface area contributed by atoms with Crippen LogP contribution in [0.1, 0.15) is 13.8 Å². The van der Waals surface area contributed by atoms with E-state index in [0.29, 0.717) is 6.61 Å². The maximum Gasteiger partial charge on any atom is 0.330 e. The van der Waals surface area contributed by atoms with Gasteiger partial charge in [0, 0.05) is 12.0 Å². The van der Waals surface area contributed by atoms with Crippen molar-refractivity contribution < 1.29 is 9.53 Å². The molecule has 0 aromatic rings. The number of allylic oxidation sites excluding steroid dienone is 5. The summed E-state index contributed by atoms with van der Waals surface area (Å²) in [6, 6.07) is 0. The lowest BCUT2D eigenvalue weighted by atomic mass is 10.0. The predicted molar refractivity (Wildman–Crippen MR) is 52.2 cm³/mol. The van der Waals surface area contributed by atoms with E-state index in [9.17, 15) is 4.79 Å². The summed E-state index contributed by atoms with van der Waals surface area (Å²) >= 11 is 0. The van der Waals surface area contributed by atoms with E-state index in [2.05, 4.69) is 0 Å². The van der Waals surface area contributed by atoms with Crippen LogP contribution in [0, 0.1) is 5.92 Å². The van der Waals surface area contributed by atoms with Gasteiger partial charge < -0.3 is 4.74 Å². The molecule has 1 aliphatic carbocycles. The topological polar surface area (TPSA) is 26.3 Å². The van der Waals surface area contributed by atoms with E-state index in [1.54, 1.807) is 13.0 Å². The molecule has 0 saturated carbocycles. The SMILES string of the molecule is CCOC(=O)C=C(C)C1C=CC=C1. The van der Waals surface area contributed by atoms with Crippen LogP contribution in [0.3, 0.4) is 0 Å². The lowest BCUT2D eigenvalue weighted by Gasteiger charge is -2.04. The summed E-state index contributed by atoms with van der Waals surface area (Å²) in [5.41, 5.74) is 1.02. The third-order valence-corrected chi connectivity index (χ3v) is 1.91. The van der Waals surface area contributed by atoms with E-state index in [0.717, 1.165) is 5.57 Å². The molecule has 0 heterocycles. The van der Waals surface area contributed by atoms with Gasteiger partial charge in [-0.1, -0.05) is 29.9 Å². The van der Waals surface area contributed by atoms with Crippen molar-refractivity contribution in [2.45, 2.75) is 13.8 Å². The summed E-state index contributed by atoms with van der Waals surface area (Å²) in [5, 5.41) is 0. The Bertz CT molecular complexity index is 260. The number of esters is 1. The third-order valence-electron chi connectivity index (χ3n) is 1.91. The fourth-order valence-corrected chi connectivity index (χ4v) is 1.20. The van der Waals surface area contributed by atoms with Crippen LogP contribution in [0.15, 0.2) is 36.0 Å². The van der Waals surface area contributed by atoms with Gasteiger partial charge in [0.2, 0.25) is 0 Å². The third kappa shape index (κ3) is 2.90. The lowest BCUT2D eigenvalue weighted by molar-refractivity contribution is -0.137. The van der Waals surface area contributed by atoms with Gasteiger partial charge in [-0.15, -0.1) is 0 Å². The molecule has 0 N–H and O–H groups in total. The molecule has 2 heteroatoms. The first-order valence-electron chi connectivity index (χ1n) is 4.44. The van der Waals surface area contributed by atoms with Crippen molar-refractivity contribution >= 4 is 5.97 Å². The predicted octanol–water partition coefficient (Wildman–Crippen LogP) is 2.24. The molecule has 0 unspecified atom stereocenters. The molecule has 0 radical (unpaired) electrons. The van der Waals surface area contributed by atoms with Gasteiger partial charge in [0.15, 0.2) is 0 Å². The summed E-state index contributed by atoms with van der Waals surface area (Å²) in [5.74, 6) is 0.0121. The average molecular weight is 178 g/mol. The average Bonchev–Trinajstić information content (AvgIpc) is 2.55. The van der Waals surface area contributed by atoms with Gasteiger partial charge in [-0.3, -0.25) is 0 Å². The summed E-state index contributed by atoms with van der Waals surface area (Å²) in [6.07, 6.45) is 9.60. The van der Waals surface area contributed by atoms with Crippen molar-refractivity contribution in [1.29, 1.82) is 0 Å². The number of hydrogen-bond acceptors (Lipinski definition) is 2. The van der Waals surface area contributed by atoms with E-state index < -0.39 is 0 Å². The Labute approximate surface area is 78.6 Å². The number of carbonyl (C=O) groups excluding carboxylic acids is 1. The van der Waals surface area contributed by atoms with Crippen molar-refractivity contribution in [2.75, 3.05) is 6.61 Å². The normalized spacial score (nSPS) is 16.6. The Kier molecular flexibility index (Phi) is 3.50. The fraction of sp³-hybridized carbons (Fsp3) is 0.364. The first-order chi connectivity index (χ1) is 6.24. The monoisotopic (exact) mass is 178 g/mol. The molecule has 0 bridgehead atoms. The van der Waals surface area contributed by atoms with Crippen molar-refractivity contribution in [2.24, 2.45) is 5.92 Å². The second-order valence-corrected chi connectivity index (χ2v) is 2.94. The molecule has 0 aliphatic heterocycles. The first kappa shape index (κ1) is 9.78. The highest BCUT2D eigenvalue weighted by molar-refractivity contribution is 5.82. The molecule has 70 valence electrons. The second-order valence-electron chi connectivity index (χ2n) is 2.94. The highest BCUT2D eigenvalue weighted by Crippen LogP contribution is 2.18. The van der Waals surface area contributed by atoms with E-state index in [4.69, 9.17) is 4.74 Å². The van der Waals surface area contributed by atoms with Gasteiger partial charge in [0.25, 0.3) is 0 Å². The van der Waals surface area contributed by atoms with Crippen LogP contribution in [-0.2, 0) is 9.53 Å². The van der Waals surface area contributed by atoms with Crippen LogP contribution >= 0.6 is 0 Å². The fourth-order valence-electron chi connectivity index (χ4n) is 1.20. The zero-order valence-corrected chi connectivity index (χ0v) is 7.99. The van der Waals surface area contributed by atoms with Crippen LogP contribution in [0.5, 0.6) is 0 Å². The maximum atomic E-state index is 11.1. The minimum Gasteiger partial charge on any atom is -0.463 e. The minimum absolute atomic E-state index is 0.256. The Balaban J connectivity index is 2.55. The molecule has 1 aliphatic rings. The minimum atomic E-state index is -0.256. The molecule has 0 aromatic carbocycles. The summed E-state index contributed by atoms with van der Waals surface area (Å²) in [7, 11) is 0. The standard InChI is InChI=1S/C11H14O2/c1-3-13-11(12)8-9(2)10-6-4-5-7-10/h4-8,10H,3H2,1-2H3. The highest BCUT2D eigenvalue weighted by Gasteiger charge is 2.07. The first-order valence-corrected chi connectivity index (χ1v) is 4.44. The van der Waals surface area contributed by atoms with Crippen LogP contribution in [0.4, 0.5) is 0 Å². The van der Waals surface area contributed by atoms with Crippen LogP contribution in [0.25, 0.3) is 0 Å². The van der Waals surface area contributed by atoms with Gasteiger partial charge in [-0.2, -0.15) is 0 Å². The van der Waals surface area contributed by atoms with Crippen molar-refractivity contribution in [3.8, 4) is 0 Å². The van der Waals surface area contributed by atoms with Crippen molar-refractivity contribution in [1.82, 2.24) is 0 Å². The Morgan fingerprint density at radius 1 is 1.46 bits per heavy atom. The summed E-state index contributed by atoms with van der Waals surface area (Å²) < 4.78 is 4.81. The molecule has 0 aromatic heterocycles. The van der Waals surface area contributed by atoms with E-state index in [-0.39, 0.29) is 11.9 Å². The molecule has 0 saturated heterocycles.